The number of nitrogens with one attached hydrogen (secondary N) is 1. The van der Waals surface area contributed by atoms with Gasteiger partial charge in [-0.3, -0.25) is 9.69 Å². The first-order valence-electron chi connectivity index (χ1n) is 7.08. The zero-order valence-electron chi connectivity index (χ0n) is 11.7. The Balaban J connectivity index is 2.52. The monoisotopic (exact) mass is 273 g/mol. The number of amides is 1. The normalized spacial score (nSPS) is 26.3. The van der Waals surface area contributed by atoms with Crippen LogP contribution >= 0.6 is 0 Å². The topological polar surface area (TPSA) is 98.8 Å². The minimum Gasteiger partial charge on any atom is -0.395 e. The molecule has 1 aliphatic rings. The van der Waals surface area contributed by atoms with Gasteiger partial charge in [0.1, 0.15) is 0 Å². The number of aliphatic hydroxyl groups excluding tert-OH is 2. The van der Waals surface area contributed by atoms with Gasteiger partial charge in [0.15, 0.2) is 0 Å². The lowest BCUT2D eigenvalue weighted by Crippen LogP contribution is -2.52. The van der Waals surface area contributed by atoms with Crippen molar-refractivity contribution in [3.8, 4) is 0 Å². The van der Waals surface area contributed by atoms with Crippen molar-refractivity contribution >= 4 is 5.91 Å². The number of carbonyl (C=O) groups excluding carboxylic acids is 1. The lowest BCUT2D eigenvalue weighted by molar-refractivity contribution is -0.119. The first kappa shape index (κ1) is 16.4. The van der Waals surface area contributed by atoms with Crippen molar-refractivity contribution in [1.82, 2.24) is 10.2 Å². The third-order valence-electron chi connectivity index (χ3n) is 3.61. The quantitative estimate of drug-likeness (QED) is 0.450. The molecule has 1 saturated heterocycles. The molecule has 1 amide bonds. The summed E-state index contributed by atoms with van der Waals surface area (Å²) < 4.78 is 0. The Bertz CT molecular complexity index is 276. The molecule has 1 fully saturated rings. The summed E-state index contributed by atoms with van der Waals surface area (Å²) in [7, 11) is 0. The Morgan fingerprint density at radius 1 is 1.53 bits per heavy atom. The number of hydrogen-bond acceptors (Lipinski definition) is 5. The van der Waals surface area contributed by atoms with Gasteiger partial charge >= 0.3 is 0 Å². The Morgan fingerprint density at radius 3 is 2.84 bits per heavy atom. The predicted molar refractivity (Wildman–Crippen MR) is 73.5 cm³/mol. The molecule has 6 heteroatoms. The maximum absolute atomic E-state index is 11.0. The number of nitrogens with two attached hydrogens (primary N) is 1. The Hall–Kier alpha value is -0.690. The molecule has 19 heavy (non-hydrogen) atoms. The van der Waals surface area contributed by atoms with E-state index in [1.54, 1.807) is 0 Å². The van der Waals surface area contributed by atoms with Gasteiger partial charge < -0.3 is 21.3 Å². The number of rotatable bonds is 8. The van der Waals surface area contributed by atoms with Crippen LogP contribution in [0, 0.1) is 5.92 Å². The fourth-order valence-corrected chi connectivity index (χ4v) is 2.79. The van der Waals surface area contributed by atoms with Crippen LogP contribution < -0.4 is 11.1 Å². The van der Waals surface area contributed by atoms with Crippen molar-refractivity contribution < 1.29 is 15.0 Å². The fourth-order valence-electron chi connectivity index (χ4n) is 2.79. The molecule has 112 valence electrons. The molecule has 0 aromatic carbocycles. The standard InChI is InChI=1S/C13H27N3O3/c1-2-12(18)6-10-5-11(15-3-4-17)8-16(7-10)9-13(14)19/h10-12,15,17-18H,2-9H2,1H3,(H2,14,19). The fraction of sp³-hybridized carbons (Fsp3) is 0.923. The van der Waals surface area contributed by atoms with Gasteiger partial charge in [0, 0.05) is 25.7 Å². The summed E-state index contributed by atoms with van der Waals surface area (Å²) in [4.78, 5) is 13.1. The summed E-state index contributed by atoms with van der Waals surface area (Å²) in [6.45, 7) is 4.46. The molecule has 0 saturated carbocycles. The molecule has 5 N–H and O–H groups in total. The Labute approximate surface area is 115 Å². The van der Waals surface area contributed by atoms with Crippen molar-refractivity contribution in [2.24, 2.45) is 11.7 Å². The summed E-state index contributed by atoms with van der Waals surface area (Å²) in [6, 6.07) is 0.245. The average Bonchev–Trinajstić information content (AvgIpc) is 2.35. The summed E-state index contributed by atoms with van der Waals surface area (Å²) >= 11 is 0. The number of hydrogen-bond donors (Lipinski definition) is 4. The van der Waals surface area contributed by atoms with Crippen LogP contribution in [0.15, 0.2) is 0 Å². The summed E-state index contributed by atoms with van der Waals surface area (Å²) in [6.07, 6.45) is 2.19. The molecule has 6 nitrogen and oxygen atoms in total. The SMILES string of the molecule is CCC(O)CC1CC(NCCO)CN(CC(N)=O)C1. The third-order valence-corrected chi connectivity index (χ3v) is 3.61. The van der Waals surface area contributed by atoms with E-state index in [0.717, 1.165) is 32.4 Å². The molecule has 3 unspecified atom stereocenters. The number of likely N-dealkylation sites (tertiary alicyclic amines) is 1. The van der Waals surface area contributed by atoms with Gasteiger partial charge in [0.25, 0.3) is 0 Å². The van der Waals surface area contributed by atoms with Gasteiger partial charge in [-0.2, -0.15) is 0 Å². The first-order valence-corrected chi connectivity index (χ1v) is 7.08. The predicted octanol–water partition coefficient (Wildman–Crippen LogP) is -1.09. The largest absolute Gasteiger partial charge is 0.395 e. The van der Waals surface area contributed by atoms with E-state index in [1.807, 2.05) is 11.8 Å². The summed E-state index contributed by atoms with van der Waals surface area (Å²) in [5.41, 5.74) is 5.25. The highest BCUT2D eigenvalue weighted by atomic mass is 16.3. The number of piperidine rings is 1. The van der Waals surface area contributed by atoms with Crippen LogP contribution in [0.4, 0.5) is 0 Å². The van der Waals surface area contributed by atoms with Gasteiger partial charge in [0.05, 0.1) is 19.3 Å². The van der Waals surface area contributed by atoms with Crippen molar-refractivity contribution in [2.45, 2.75) is 38.3 Å². The molecule has 0 spiro atoms. The van der Waals surface area contributed by atoms with Gasteiger partial charge in [-0.25, -0.2) is 0 Å². The molecular formula is C13H27N3O3. The second kappa shape index (κ2) is 8.47. The van der Waals surface area contributed by atoms with E-state index in [2.05, 4.69) is 5.32 Å². The summed E-state index contributed by atoms with van der Waals surface area (Å²) in [5.74, 6) is 0.0387. The van der Waals surface area contributed by atoms with E-state index in [4.69, 9.17) is 10.8 Å². The Morgan fingerprint density at radius 2 is 2.26 bits per heavy atom. The van der Waals surface area contributed by atoms with Crippen molar-refractivity contribution in [3.63, 3.8) is 0 Å². The highest BCUT2D eigenvalue weighted by Gasteiger charge is 2.28. The number of aliphatic hydroxyl groups is 2. The van der Waals surface area contributed by atoms with E-state index in [9.17, 15) is 9.90 Å². The van der Waals surface area contributed by atoms with Gasteiger partial charge in [-0.1, -0.05) is 6.92 Å². The summed E-state index contributed by atoms with van der Waals surface area (Å²) in [5, 5.41) is 21.9. The van der Waals surface area contributed by atoms with Crippen LogP contribution in [-0.4, -0.2) is 66.0 Å². The minimum absolute atomic E-state index is 0.106. The zero-order valence-corrected chi connectivity index (χ0v) is 11.7. The number of nitrogens with zero attached hydrogens (tertiary/aromatic N) is 1. The van der Waals surface area contributed by atoms with E-state index in [0.29, 0.717) is 12.5 Å². The van der Waals surface area contributed by atoms with Crippen molar-refractivity contribution in [2.75, 3.05) is 32.8 Å². The minimum atomic E-state index is -0.322. The van der Waals surface area contributed by atoms with Crippen LogP contribution in [0.3, 0.4) is 0 Å². The molecular weight excluding hydrogens is 246 g/mol. The van der Waals surface area contributed by atoms with Crippen LogP contribution in [0.2, 0.25) is 0 Å². The lowest BCUT2D eigenvalue weighted by atomic mass is 9.89. The first-order chi connectivity index (χ1) is 9.05. The van der Waals surface area contributed by atoms with Gasteiger partial charge in [-0.15, -0.1) is 0 Å². The highest BCUT2D eigenvalue weighted by Crippen LogP contribution is 2.22. The smallest absolute Gasteiger partial charge is 0.231 e. The number of primary amides is 1. The van der Waals surface area contributed by atoms with E-state index in [1.165, 1.54) is 0 Å². The highest BCUT2D eigenvalue weighted by molar-refractivity contribution is 5.75. The maximum atomic E-state index is 11.0. The van der Waals surface area contributed by atoms with E-state index in [-0.39, 0.29) is 31.2 Å². The average molecular weight is 273 g/mol. The molecule has 0 aliphatic carbocycles. The van der Waals surface area contributed by atoms with E-state index >= 15 is 0 Å². The van der Waals surface area contributed by atoms with Crippen molar-refractivity contribution in [3.05, 3.63) is 0 Å². The van der Waals surface area contributed by atoms with Gasteiger partial charge in [-0.05, 0) is 25.2 Å². The van der Waals surface area contributed by atoms with Crippen LogP contribution in [-0.2, 0) is 4.79 Å². The van der Waals surface area contributed by atoms with Crippen LogP contribution in [0.5, 0.6) is 0 Å². The lowest BCUT2D eigenvalue weighted by Gasteiger charge is -2.38. The van der Waals surface area contributed by atoms with Gasteiger partial charge in [0.2, 0.25) is 5.91 Å². The molecule has 0 radical (unpaired) electrons. The second-order valence-corrected chi connectivity index (χ2v) is 5.43. The Kier molecular flexibility index (Phi) is 7.30. The number of carbonyl (C=O) groups is 1. The molecule has 0 aromatic heterocycles. The molecule has 1 aliphatic heterocycles. The maximum Gasteiger partial charge on any atom is 0.231 e. The zero-order chi connectivity index (χ0) is 14.3. The third kappa shape index (κ3) is 6.33. The van der Waals surface area contributed by atoms with E-state index < -0.39 is 0 Å². The van der Waals surface area contributed by atoms with Crippen molar-refractivity contribution in [1.29, 1.82) is 0 Å². The molecule has 0 bridgehead atoms. The van der Waals surface area contributed by atoms with Crippen LogP contribution in [0.1, 0.15) is 26.2 Å². The molecule has 0 aromatic rings. The molecule has 1 rings (SSSR count). The molecule has 1 heterocycles. The molecule has 3 atom stereocenters. The second-order valence-electron chi connectivity index (χ2n) is 5.43. The van der Waals surface area contributed by atoms with Crippen LogP contribution in [0.25, 0.3) is 0 Å².